The van der Waals surface area contributed by atoms with Crippen LogP contribution in [0.15, 0.2) is 30.3 Å². The van der Waals surface area contributed by atoms with E-state index in [4.69, 9.17) is 0 Å². The van der Waals surface area contributed by atoms with Gasteiger partial charge in [0.15, 0.2) is 0 Å². The van der Waals surface area contributed by atoms with Crippen molar-refractivity contribution < 1.29 is 4.79 Å². The summed E-state index contributed by atoms with van der Waals surface area (Å²) >= 11 is 0. The van der Waals surface area contributed by atoms with Crippen LogP contribution in [0.5, 0.6) is 0 Å². The largest absolute Gasteiger partial charge is 0.339 e. The summed E-state index contributed by atoms with van der Waals surface area (Å²) in [6.07, 6.45) is 5.50. The van der Waals surface area contributed by atoms with Crippen molar-refractivity contribution in [2.45, 2.75) is 38.1 Å². The number of nitrogens with one attached hydrogen (secondary N) is 1. The SMILES string of the molecule is Cl.O=C([C@@H]1CCCNC1)N1CCCC1Cc1ccccc1. The highest BCUT2D eigenvalue weighted by Crippen LogP contribution is 2.25. The first-order valence-corrected chi connectivity index (χ1v) is 7.90. The van der Waals surface area contributed by atoms with E-state index < -0.39 is 0 Å². The Hall–Kier alpha value is -1.06. The molecule has 0 aromatic heterocycles. The molecular weight excluding hydrogens is 284 g/mol. The minimum atomic E-state index is 0. The quantitative estimate of drug-likeness (QED) is 0.931. The van der Waals surface area contributed by atoms with E-state index in [9.17, 15) is 4.79 Å². The fourth-order valence-electron chi connectivity index (χ4n) is 3.52. The summed E-state index contributed by atoms with van der Waals surface area (Å²) in [5.74, 6) is 0.593. The van der Waals surface area contributed by atoms with Crippen molar-refractivity contribution in [1.82, 2.24) is 10.2 Å². The Morgan fingerprint density at radius 3 is 2.71 bits per heavy atom. The first-order valence-electron chi connectivity index (χ1n) is 7.90. The third-order valence-electron chi connectivity index (χ3n) is 4.62. The van der Waals surface area contributed by atoms with Crippen molar-refractivity contribution in [2.24, 2.45) is 5.92 Å². The number of hydrogen-bond acceptors (Lipinski definition) is 2. The van der Waals surface area contributed by atoms with Crippen molar-refractivity contribution in [3.8, 4) is 0 Å². The number of piperidine rings is 1. The Bertz CT molecular complexity index is 445. The van der Waals surface area contributed by atoms with E-state index >= 15 is 0 Å². The standard InChI is InChI=1S/C17H24N2O.ClH/c20-17(15-8-4-10-18-13-15)19-11-5-9-16(19)12-14-6-2-1-3-7-14;/h1-3,6-7,15-16,18H,4-5,8-13H2;1H/t15-,16?;/m1./s1. The normalized spacial score (nSPS) is 25.4. The van der Waals surface area contributed by atoms with Crippen LogP contribution in [0.1, 0.15) is 31.2 Å². The lowest BCUT2D eigenvalue weighted by molar-refractivity contribution is -0.136. The minimum Gasteiger partial charge on any atom is -0.339 e. The number of nitrogens with zero attached hydrogens (tertiary/aromatic N) is 1. The summed E-state index contributed by atoms with van der Waals surface area (Å²) in [5, 5.41) is 3.36. The Morgan fingerprint density at radius 1 is 1.19 bits per heavy atom. The van der Waals surface area contributed by atoms with Gasteiger partial charge in [-0.1, -0.05) is 30.3 Å². The van der Waals surface area contributed by atoms with Gasteiger partial charge in [-0.3, -0.25) is 4.79 Å². The van der Waals surface area contributed by atoms with Crippen LogP contribution >= 0.6 is 12.4 Å². The molecule has 1 N–H and O–H groups in total. The highest BCUT2D eigenvalue weighted by molar-refractivity contribution is 5.85. The molecule has 2 aliphatic rings. The minimum absolute atomic E-state index is 0. The van der Waals surface area contributed by atoms with Gasteiger partial charge in [0, 0.05) is 19.1 Å². The van der Waals surface area contributed by atoms with Crippen molar-refractivity contribution in [3.05, 3.63) is 35.9 Å². The van der Waals surface area contributed by atoms with E-state index in [0.29, 0.717) is 11.9 Å². The van der Waals surface area contributed by atoms with E-state index in [2.05, 4.69) is 40.5 Å². The highest BCUT2D eigenvalue weighted by atomic mass is 35.5. The van der Waals surface area contributed by atoms with E-state index in [1.54, 1.807) is 0 Å². The van der Waals surface area contributed by atoms with Gasteiger partial charge in [-0.2, -0.15) is 0 Å². The lowest BCUT2D eigenvalue weighted by Gasteiger charge is -2.31. The van der Waals surface area contributed by atoms with Gasteiger partial charge in [-0.15, -0.1) is 12.4 Å². The molecule has 2 saturated heterocycles. The van der Waals surface area contributed by atoms with Crippen molar-refractivity contribution in [2.75, 3.05) is 19.6 Å². The summed E-state index contributed by atoms with van der Waals surface area (Å²) in [6, 6.07) is 11.0. The smallest absolute Gasteiger partial charge is 0.227 e. The molecule has 2 atom stereocenters. The van der Waals surface area contributed by atoms with E-state index in [1.165, 1.54) is 5.56 Å². The zero-order valence-corrected chi connectivity index (χ0v) is 13.3. The zero-order chi connectivity index (χ0) is 13.8. The Morgan fingerprint density at radius 2 is 2.00 bits per heavy atom. The molecule has 0 radical (unpaired) electrons. The molecule has 2 aliphatic heterocycles. The predicted octanol–water partition coefficient (Wildman–Crippen LogP) is 2.64. The maximum atomic E-state index is 12.7. The van der Waals surface area contributed by atoms with Gasteiger partial charge in [-0.05, 0) is 44.2 Å². The van der Waals surface area contributed by atoms with Gasteiger partial charge < -0.3 is 10.2 Å². The molecule has 3 nitrogen and oxygen atoms in total. The molecule has 0 bridgehead atoms. The van der Waals surface area contributed by atoms with Gasteiger partial charge in [0.1, 0.15) is 0 Å². The summed E-state index contributed by atoms with van der Waals surface area (Å²) < 4.78 is 0. The zero-order valence-electron chi connectivity index (χ0n) is 12.5. The molecule has 3 rings (SSSR count). The number of carbonyl (C=O) groups is 1. The third-order valence-corrected chi connectivity index (χ3v) is 4.62. The van der Waals surface area contributed by atoms with Crippen molar-refractivity contribution in [3.63, 3.8) is 0 Å². The number of hydrogen-bond donors (Lipinski definition) is 1. The second-order valence-electron chi connectivity index (χ2n) is 6.06. The third kappa shape index (κ3) is 3.98. The summed E-state index contributed by atoms with van der Waals surface area (Å²) in [6.45, 7) is 2.89. The molecule has 21 heavy (non-hydrogen) atoms. The number of rotatable bonds is 3. The summed E-state index contributed by atoms with van der Waals surface area (Å²) in [5.41, 5.74) is 1.35. The molecule has 2 fully saturated rings. The average molecular weight is 309 g/mol. The van der Waals surface area contributed by atoms with Crippen LogP contribution in [0.3, 0.4) is 0 Å². The number of benzene rings is 1. The average Bonchev–Trinajstić information content (AvgIpc) is 2.96. The Labute approximate surface area is 133 Å². The fourth-order valence-corrected chi connectivity index (χ4v) is 3.52. The summed E-state index contributed by atoms with van der Waals surface area (Å²) in [7, 11) is 0. The van der Waals surface area contributed by atoms with Crippen LogP contribution in [0.2, 0.25) is 0 Å². The second kappa shape index (κ2) is 7.81. The van der Waals surface area contributed by atoms with Crippen LogP contribution in [0, 0.1) is 5.92 Å². The van der Waals surface area contributed by atoms with E-state index in [0.717, 1.165) is 51.7 Å². The lowest BCUT2D eigenvalue weighted by Crippen LogP contribution is -2.45. The lowest BCUT2D eigenvalue weighted by atomic mass is 9.97. The second-order valence-corrected chi connectivity index (χ2v) is 6.06. The fraction of sp³-hybridized carbons (Fsp3) is 0.588. The van der Waals surface area contributed by atoms with Crippen LogP contribution in [-0.2, 0) is 11.2 Å². The van der Waals surface area contributed by atoms with Gasteiger partial charge in [0.25, 0.3) is 0 Å². The predicted molar refractivity (Wildman–Crippen MR) is 87.7 cm³/mol. The monoisotopic (exact) mass is 308 g/mol. The molecule has 0 saturated carbocycles. The molecule has 1 unspecified atom stereocenters. The van der Waals surface area contributed by atoms with E-state index in [-0.39, 0.29) is 18.3 Å². The molecule has 0 spiro atoms. The molecule has 1 amide bonds. The topological polar surface area (TPSA) is 32.3 Å². The molecular formula is C17H25ClN2O. The van der Waals surface area contributed by atoms with Crippen LogP contribution in [-0.4, -0.2) is 36.5 Å². The molecule has 4 heteroatoms. The Kier molecular flexibility index (Phi) is 6.07. The maximum Gasteiger partial charge on any atom is 0.227 e. The molecule has 1 aromatic rings. The first-order chi connectivity index (χ1) is 9.84. The molecule has 0 aliphatic carbocycles. The van der Waals surface area contributed by atoms with Crippen LogP contribution in [0.25, 0.3) is 0 Å². The highest BCUT2D eigenvalue weighted by Gasteiger charge is 2.33. The molecule has 1 aromatic carbocycles. The molecule has 116 valence electrons. The number of carbonyl (C=O) groups excluding carboxylic acids is 1. The molecule has 2 heterocycles. The number of likely N-dealkylation sites (tertiary alicyclic amines) is 1. The maximum absolute atomic E-state index is 12.7. The van der Waals surface area contributed by atoms with Gasteiger partial charge in [-0.25, -0.2) is 0 Å². The number of halogens is 1. The Balaban J connectivity index is 0.00000161. The van der Waals surface area contributed by atoms with Crippen molar-refractivity contribution in [1.29, 1.82) is 0 Å². The van der Waals surface area contributed by atoms with Crippen LogP contribution in [0.4, 0.5) is 0 Å². The van der Waals surface area contributed by atoms with Gasteiger partial charge in [0.2, 0.25) is 5.91 Å². The van der Waals surface area contributed by atoms with E-state index in [1.807, 2.05) is 0 Å². The first kappa shape index (κ1) is 16.3. The summed E-state index contributed by atoms with van der Waals surface area (Å²) in [4.78, 5) is 14.8. The number of amides is 1. The van der Waals surface area contributed by atoms with Gasteiger partial charge in [0.05, 0.1) is 5.92 Å². The van der Waals surface area contributed by atoms with Gasteiger partial charge >= 0.3 is 0 Å². The van der Waals surface area contributed by atoms with Crippen LogP contribution < -0.4 is 5.32 Å². The van der Waals surface area contributed by atoms with Crippen molar-refractivity contribution >= 4 is 18.3 Å².